The first kappa shape index (κ1) is 17.6. The van der Waals surface area contributed by atoms with Crippen LogP contribution in [0.3, 0.4) is 0 Å². The number of anilines is 1. The Kier molecular flexibility index (Phi) is 4.54. The fraction of sp³-hybridized carbons (Fsp3) is 0.636. The standard InChI is InChI=1S/C22H29NO3/c1-14-3-5-19(6-4-14)23-21(25)15(2)26-20(24)13-22-10-16-7-17(11-22)9-18(8-16)12-22/h3-6,15-18H,7-13H2,1-2H3,(H,23,25)/t15-,16?,17?,18?,22?/m0/s1. The molecule has 0 spiro atoms. The number of amides is 1. The molecule has 0 saturated heterocycles. The fourth-order valence-corrected chi connectivity index (χ4v) is 5.99. The van der Waals surface area contributed by atoms with Crippen LogP contribution in [0.25, 0.3) is 0 Å². The first-order valence-corrected chi connectivity index (χ1v) is 9.98. The summed E-state index contributed by atoms with van der Waals surface area (Å²) in [6.45, 7) is 3.65. The zero-order chi connectivity index (χ0) is 18.3. The summed E-state index contributed by atoms with van der Waals surface area (Å²) in [6.07, 6.45) is 7.35. The third-order valence-corrected chi connectivity index (χ3v) is 6.68. The van der Waals surface area contributed by atoms with Crippen molar-refractivity contribution in [3.8, 4) is 0 Å². The van der Waals surface area contributed by atoms with Gasteiger partial charge in [-0.1, -0.05) is 17.7 Å². The van der Waals surface area contributed by atoms with Gasteiger partial charge in [0.2, 0.25) is 0 Å². The molecule has 0 aromatic heterocycles. The zero-order valence-electron chi connectivity index (χ0n) is 15.8. The predicted molar refractivity (Wildman–Crippen MR) is 101 cm³/mol. The van der Waals surface area contributed by atoms with Crippen molar-refractivity contribution in [2.24, 2.45) is 23.2 Å². The number of nitrogens with one attached hydrogen (secondary N) is 1. The third kappa shape index (κ3) is 3.65. The number of hydrogen-bond acceptors (Lipinski definition) is 3. The molecule has 4 aliphatic carbocycles. The highest BCUT2D eigenvalue weighted by atomic mass is 16.5. The van der Waals surface area contributed by atoms with Gasteiger partial charge in [-0.2, -0.15) is 0 Å². The van der Waals surface area contributed by atoms with E-state index in [1.165, 1.54) is 38.5 Å². The first-order valence-electron chi connectivity index (χ1n) is 9.98. The molecule has 0 aliphatic heterocycles. The number of benzene rings is 1. The molecule has 0 unspecified atom stereocenters. The van der Waals surface area contributed by atoms with Gasteiger partial charge in [0.15, 0.2) is 6.10 Å². The van der Waals surface area contributed by atoms with Gasteiger partial charge < -0.3 is 10.1 Å². The van der Waals surface area contributed by atoms with Crippen molar-refractivity contribution in [2.45, 2.75) is 64.9 Å². The minimum absolute atomic E-state index is 0.152. The maximum absolute atomic E-state index is 12.5. The molecule has 4 aliphatic rings. The van der Waals surface area contributed by atoms with Crippen LogP contribution < -0.4 is 5.32 Å². The highest BCUT2D eigenvalue weighted by molar-refractivity contribution is 5.95. The van der Waals surface area contributed by atoms with Crippen LogP contribution in [-0.4, -0.2) is 18.0 Å². The summed E-state index contributed by atoms with van der Waals surface area (Å²) in [6, 6.07) is 7.60. The van der Waals surface area contributed by atoms with Crippen LogP contribution in [0.15, 0.2) is 24.3 Å². The number of carbonyl (C=O) groups excluding carboxylic acids is 2. The van der Waals surface area contributed by atoms with Gasteiger partial charge in [0, 0.05) is 5.69 Å². The number of ether oxygens (including phenoxy) is 1. The van der Waals surface area contributed by atoms with Crippen LogP contribution in [0.5, 0.6) is 0 Å². The number of aryl methyl sites for hydroxylation is 1. The second-order valence-corrected chi connectivity index (χ2v) is 9.08. The highest BCUT2D eigenvalue weighted by Crippen LogP contribution is 2.61. The van der Waals surface area contributed by atoms with Crippen molar-refractivity contribution in [2.75, 3.05) is 5.32 Å². The Morgan fingerprint density at radius 2 is 1.62 bits per heavy atom. The molecule has 0 radical (unpaired) electrons. The van der Waals surface area contributed by atoms with Crippen LogP contribution in [-0.2, 0) is 14.3 Å². The summed E-state index contributed by atoms with van der Waals surface area (Å²) < 4.78 is 5.50. The maximum Gasteiger partial charge on any atom is 0.307 e. The van der Waals surface area contributed by atoms with Gasteiger partial charge in [-0.15, -0.1) is 0 Å². The average molecular weight is 355 g/mol. The van der Waals surface area contributed by atoms with Crippen molar-refractivity contribution < 1.29 is 14.3 Å². The number of rotatable bonds is 5. The van der Waals surface area contributed by atoms with Gasteiger partial charge in [-0.3, -0.25) is 9.59 Å². The second-order valence-electron chi connectivity index (χ2n) is 9.08. The quantitative estimate of drug-likeness (QED) is 0.793. The lowest BCUT2D eigenvalue weighted by Crippen LogP contribution is -2.47. The minimum atomic E-state index is -0.766. The Morgan fingerprint density at radius 3 is 2.15 bits per heavy atom. The molecule has 4 nitrogen and oxygen atoms in total. The fourth-order valence-electron chi connectivity index (χ4n) is 5.99. The predicted octanol–water partition coefficient (Wildman–Crippen LogP) is 4.47. The smallest absolute Gasteiger partial charge is 0.307 e. The van der Waals surface area contributed by atoms with E-state index < -0.39 is 6.10 Å². The second kappa shape index (κ2) is 6.71. The molecule has 1 aromatic carbocycles. The third-order valence-electron chi connectivity index (χ3n) is 6.68. The van der Waals surface area contributed by atoms with Crippen molar-refractivity contribution >= 4 is 17.6 Å². The van der Waals surface area contributed by atoms with E-state index in [1.807, 2.05) is 31.2 Å². The Balaban J connectivity index is 1.31. The molecule has 4 fully saturated rings. The topological polar surface area (TPSA) is 55.4 Å². The summed E-state index contributed by atoms with van der Waals surface area (Å²) in [7, 11) is 0. The Morgan fingerprint density at radius 1 is 1.08 bits per heavy atom. The van der Waals surface area contributed by atoms with Crippen molar-refractivity contribution in [1.29, 1.82) is 0 Å². The molecular formula is C22H29NO3. The highest BCUT2D eigenvalue weighted by Gasteiger charge is 2.51. The molecule has 0 heterocycles. The lowest BCUT2D eigenvalue weighted by atomic mass is 9.49. The molecule has 4 saturated carbocycles. The Bertz CT molecular complexity index is 659. The summed E-state index contributed by atoms with van der Waals surface area (Å²) in [5.41, 5.74) is 2.02. The van der Waals surface area contributed by atoms with Gasteiger partial charge in [0.1, 0.15) is 0 Å². The van der Waals surface area contributed by atoms with Crippen LogP contribution in [0.1, 0.15) is 57.4 Å². The molecule has 1 amide bonds. The maximum atomic E-state index is 12.5. The van der Waals surface area contributed by atoms with E-state index in [0.29, 0.717) is 6.42 Å². The van der Waals surface area contributed by atoms with Gasteiger partial charge in [-0.25, -0.2) is 0 Å². The van der Waals surface area contributed by atoms with Gasteiger partial charge >= 0.3 is 5.97 Å². The van der Waals surface area contributed by atoms with E-state index in [4.69, 9.17) is 4.74 Å². The van der Waals surface area contributed by atoms with E-state index in [9.17, 15) is 9.59 Å². The van der Waals surface area contributed by atoms with E-state index in [0.717, 1.165) is 29.0 Å². The van der Waals surface area contributed by atoms with Crippen molar-refractivity contribution in [3.05, 3.63) is 29.8 Å². The van der Waals surface area contributed by atoms with Crippen LogP contribution in [0.4, 0.5) is 5.69 Å². The Labute approximate surface area is 155 Å². The molecule has 26 heavy (non-hydrogen) atoms. The molecular weight excluding hydrogens is 326 g/mol. The summed E-state index contributed by atoms with van der Waals surface area (Å²) in [5, 5.41) is 2.82. The van der Waals surface area contributed by atoms with Crippen LogP contribution >= 0.6 is 0 Å². The van der Waals surface area contributed by atoms with Crippen LogP contribution in [0.2, 0.25) is 0 Å². The largest absolute Gasteiger partial charge is 0.453 e. The van der Waals surface area contributed by atoms with Gasteiger partial charge in [-0.05, 0) is 87.7 Å². The molecule has 1 atom stereocenters. The lowest BCUT2D eigenvalue weighted by Gasteiger charge is -2.56. The van der Waals surface area contributed by atoms with E-state index >= 15 is 0 Å². The van der Waals surface area contributed by atoms with Crippen LogP contribution in [0, 0.1) is 30.1 Å². The van der Waals surface area contributed by atoms with E-state index in [2.05, 4.69) is 5.32 Å². The van der Waals surface area contributed by atoms with Crippen molar-refractivity contribution in [3.63, 3.8) is 0 Å². The SMILES string of the molecule is Cc1ccc(NC(=O)[C@H](C)OC(=O)CC23CC4CC(CC(C4)C2)C3)cc1. The van der Waals surface area contributed by atoms with Gasteiger partial charge in [0.05, 0.1) is 6.42 Å². The molecule has 140 valence electrons. The lowest BCUT2D eigenvalue weighted by molar-refractivity contribution is -0.160. The minimum Gasteiger partial charge on any atom is -0.453 e. The molecule has 4 bridgehead atoms. The first-order chi connectivity index (χ1) is 12.4. The van der Waals surface area contributed by atoms with Crippen molar-refractivity contribution in [1.82, 2.24) is 0 Å². The normalized spacial score (nSPS) is 32.9. The number of carbonyl (C=O) groups is 2. The van der Waals surface area contributed by atoms with E-state index in [1.54, 1.807) is 6.92 Å². The molecule has 5 rings (SSSR count). The number of esters is 1. The molecule has 1 N–H and O–H groups in total. The molecule has 1 aromatic rings. The average Bonchev–Trinajstić information content (AvgIpc) is 2.55. The molecule has 4 heteroatoms. The number of hydrogen-bond donors (Lipinski definition) is 1. The summed E-state index contributed by atoms with van der Waals surface area (Å²) in [5.74, 6) is 1.97. The Hall–Kier alpha value is -1.84. The van der Waals surface area contributed by atoms with Gasteiger partial charge in [0.25, 0.3) is 5.91 Å². The monoisotopic (exact) mass is 355 g/mol. The summed E-state index contributed by atoms with van der Waals surface area (Å²) in [4.78, 5) is 24.8. The van der Waals surface area contributed by atoms with E-state index in [-0.39, 0.29) is 17.3 Å². The zero-order valence-corrected chi connectivity index (χ0v) is 15.8. The summed E-state index contributed by atoms with van der Waals surface area (Å²) >= 11 is 0.